The number of hydrogen-bond donors (Lipinski definition) is 1. The Bertz CT molecular complexity index is 383. The van der Waals surface area contributed by atoms with E-state index in [1.54, 1.807) is 0 Å². The third kappa shape index (κ3) is 3.42. The van der Waals surface area contributed by atoms with E-state index in [0.717, 1.165) is 18.0 Å². The molecule has 1 aromatic heterocycles. The van der Waals surface area contributed by atoms with E-state index in [1.165, 1.54) is 5.75 Å². The zero-order valence-electron chi connectivity index (χ0n) is 11.1. The topological polar surface area (TPSA) is 64.9 Å². The lowest BCUT2D eigenvalue weighted by atomic mass is 10.0. The summed E-state index contributed by atoms with van der Waals surface area (Å²) >= 11 is 3.89. The van der Waals surface area contributed by atoms with Crippen LogP contribution in [-0.2, 0) is 0 Å². The van der Waals surface area contributed by atoms with E-state index in [-0.39, 0.29) is 6.04 Å². The van der Waals surface area contributed by atoms with Crippen molar-refractivity contribution < 1.29 is 4.52 Å². The van der Waals surface area contributed by atoms with Crippen molar-refractivity contribution in [1.82, 2.24) is 10.1 Å². The zero-order valence-corrected chi connectivity index (χ0v) is 12.8. The van der Waals surface area contributed by atoms with Gasteiger partial charge in [0.1, 0.15) is 0 Å². The molecule has 1 aliphatic rings. The molecule has 2 N–H and O–H groups in total. The van der Waals surface area contributed by atoms with Crippen molar-refractivity contribution in [3.63, 3.8) is 0 Å². The average Bonchev–Trinajstić information content (AvgIpc) is 2.78. The molecule has 0 aliphatic carbocycles. The summed E-state index contributed by atoms with van der Waals surface area (Å²) in [5.41, 5.74) is 6.07. The molecule has 102 valence electrons. The fourth-order valence-corrected chi connectivity index (χ4v) is 4.72. The second kappa shape index (κ2) is 6.30. The number of nitrogens with two attached hydrogens (primary N) is 1. The monoisotopic (exact) mass is 287 g/mol. The molecule has 1 saturated heterocycles. The first kappa shape index (κ1) is 14.2. The molecule has 1 fully saturated rings. The van der Waals surface area contributed by atoms with Crippen molar-refractivity contribution in [2.75, 3.05) is 11.5 Å². The minimum absolute atomic E-state index is 0.136. The molecule has 0 amide bonds. The van der Waals surface area contributed by atoms with Gasteiger partial charge in [-0.1, -0.05) is 25.9 Å². The Hall–Kier alpha value is -0.200. The molecule has 2 heterocycles. The van der Waals surface area contributed by atoms with E-state index in [9.17, 15) is 0 Å². The molecule has 0 spiro atoms. The number of hydrogen-bond acceptors (Lipinski definition) is 6. The Morgan fingerprint density at radius 1 is 1.39 bits per heavy atom. The van der Waals surface area contributed by atoms with Crippen molar-refractivity contribution in [2.24, 2.45) is 11.7 Å². The van der Waals surface area contributed by atoms with Gasteiger partial charge in [-0.3, -0.25) is 0 Å². The van der Waals surface area contributed by atoms with Crippen molar-refractivity contribution in [3.05, 3.63) is 11.7 Å². The van der Waals surface area contributed by atoms with Crippen molar-refractivity contribution >= 4 is 23.5 Å². The highest BCUT2D eigenvalue weighted by atomic mass is 32.2. The first-order chi connectivity index (χ1) is 8.58. The Balaban J connectivity index is 2.05. The van der Waals surface area contributed by atoms with Gasteiger partial charge in [0.2, 0.25) is 5.89 Å². The van der Waals surface area contributed by atoms with Crippen LogP contribution in [0.4, 0.5) is 0 Å². The highest BCUT2D eigenvalue weighted by Gasteiger charge is 2.29. The number of rotatable bonds is 4. The molecule has 1 aliphatic heterocycles. The smallest absolute Gasteiger partial charge is 0.243 e. The van der Waals surface area contributed by atoms with E-state index < -0.39 is 0 Å². The van der Waals surface area contributed by atoms with Crippen LogP contribution in [0.15, 0.2) is 4.52 Å². The van der Waals surface area contributed by atoms with Crippen LogP contribution in [0.2, 0.25) is 0 Å². The Morgan fingerprint density at radius 2 is 2.11 bits per heavy atom. The molecule has 4 nitrogen and oxygen atoms in total. The Kier molecular flexibility index (Phi) is 4.98. The van der Waals surface area contributed by atoms with E-state index >= 15 is 0 Å². The molecule has 0 radical (unpaired) electrons. The van der Waals surface area contributed by atoms with Crippen LogP contribution in [0.3, 0.4) is 0 Å². The first-order valence-corrected chi connectivity index (χ1v) is 8.50. The van der Waals surface area contributed by atoms with E-state index in [0.29, 0.717) is 22.3 Å². The van der Waals surface area contributed by atoms with Crippen LogP contribution in [-0.4, -0.2) is 26.9 Å². The second-order valence-electron chi connectivity index (χ2n) is 5.09. The van der Waals surface area contributed by atoms with Crippen LogP contribution < -0.4 is 5.73 Å². The van der Waals surface area contributed by atoms with Gasteiger partial charge in [-0.05, 0) is 12.3 Å². The first-order valence-electron chi connectivity index (χ1n) is 6.40. The van der Waals surface area contributed by atoms with E-state index in [1.807, 2.05) is 23.5 Å². The van der Waals surface area contributed by atoms with Crippen molar-refractivity contribution in [3.8, 4) is 0 Å². The normalized spacial score (nSPS) is 26.5. The third-order valence-electron chi connectivity index (χ3n) is 2.94. The molecular weight excluding hydrogens is 266 g/mol. The molecule has 3 atom stereocenters. The van der Waals surface area contributed by atoms with Crippen LogP contribution >= 0.6 is 23.5 Å². The maximum absolute atomic E-state index is 6.07. The molecule has 0 saturated carbocycles. The van der Waals surface area contributed by atoms with Crippen LogP contribution in [0.5, 0.6) is 0 Å². The van der Waals surface area contributed by atoms with Gasteiger partial charge < -0.3 is 10.3 Å². The number of thioether (sulfide) groups is 2. The highest BCUT2D eigenvalue weighted by molar-refractivity contribution is 8.06. The van der Waals surface area contributed by atoms with E-state index in [4.69, 9.17) is 10.3 Å². The quantitative estimate of drug-likeness (QED) is 0.918. The molecule has 0 bridgehead atoms. The minimum Gasteiger partial charge on any atom is -0.338 e. The number of aromatic nitrogens is 2. The zero-order chi connectivity index (χ0) is 13.1. The Morgan fingerprint density at radius 3 is 2.78 bits per heavy atom. The molecule has 18 heavy (non-hydrogen) atoms. The van der Waals surface area contributed by atoms with Gasteiger partial charge in [0.25, 0.3) is 0 Å². The molecule has 1 aromatic rings. The fourth-order valence-electron chi connectivity index (χ4n) is 2.04. The summed E-state index contributed by atoms with van der Waals surface area (Å²) in [5, 5.41) is 5.00. The van der Waals surface area contributed by atoms with Gasteiger partial charge in [-0.15, -0.1) is 11.8 Å². The van der Waals surface area contributed by atoms with Gasteiger partial charge in [0.15, 0.2) is 5.82 Å². The lowest BCUT2D eigenvalue weighted by Crippen LogP contribution is -2.17. The van der Waals surface area contributed by atoms with Gasteiger partial charge in [-0.25, -0.2) is 0 Å². The maximum atomic E-state index is 6.07. The SMILES string of the molecule is CC(C)C[C@H](N)c1nc(C2SCCSC2C)no1. The lowest BCUT2D eigenvalue weighted by molar-refractivity contribution is 0.332. The molecule has 6 heteroatoms. The molecule has 2 unspecified atom stereocenters. The minimum atomic E-state index is -0.136. The van der Waals surface area contributed by atoms with Gasteiger partial charge in [0, 0.05) is 16.8 Å². The van der Waals surface area contributed by atoms with Crippen molar-refractivity contribution in [2.45, 2.75) is 43.7 Å². The fraction of sp³-hybridized carbons (Fsp3) is 0.833. The second-order valence-corrected chi connectivity index (χ2v) is 7.83. The summed E-state index contributed by atoms with van der Waals surface area (Å²) in [6.07, 6.45) is 0.879. The standard InChI is InChI=1S/C12H21N3OS2/c1-7(2)6-9(13)12-14-11(15-16-12)10-8(3)17-4-5-18-10/h7-10H,4-6,13H2,1-3H3/t8?,9-,10?/m0/s1. The summed E-state index contributed by atoms with van der Waals surface area (Å²) in [6, 6.07) is -0.136. The van der Waals surface area contributed by atoms with Gasteiger partial charge in [0.05, 0.1) is 11.3 Å². The van der Waals surface area contributed by atoms with Gasteiger partial charge >= 0.3 is 0 Å². The predicted molar refractivity (Wildman–Crippen MR) is 77.8 cm³/mol. The predicted octanol–water partition coefficient (Wildman–Crippen LogP) is 3.03. The summed E-state index contributed by atoms with van der Waals surface area (Å²) in [5.74, 6) is 4.30. The summed E-state index contributed by atoms with van der Waals surface area (Å²) < 4.78 is 5.32. The summed E-state index contributed by atoms with van der Waals surface area (Å²) in [7, 11) is 0. The van der Waals surface area contributed by atoms with Crippen LogP contribution in [0.25, 0.3) is 0 Å². The summed E-state index contributed by atoms with van der Waals surface area (Å²) in [4.78, 5) is 4.50. The summed E-state index contributed by atoms with van der Waals surface area (Å²) in [6.45, 7) is 6.52. The maximum Gasteiger partial charge on any atom is 0.243 e. The molecular formula is C12H21N3OS2. The molecule has 0 aromatic carbocycles. The van der Waals surface area contributed by atoms with Crippen LogP contribution in [0, 0.1) is 5.92 Å². The average molecular weight is 287 g/mol. The van der Waals surface area contributed by atoms with Crippen LogP contribution in [0.1, 0.15) is 50.2 Å². The van der Waals surface area contributed by atoms with E-state index in [2.05, 4.69) is 30.9 Å². The van der Waals surface area contributed by atoms with Crippen molar-refractivity contribution in [1.29, 1.82) is 0 Å². The Labute approximate surface area is 117 Å². The van der Waals surface area contributed by atoms with Gasteiger partial charge in [-0.2, -0.15) is 16.7 Å². The molecule has 2 rings (SSSR count). The highest BCUT2D eigenvalue weighted by Crippen LogP contribution is 2.41. The largest absolute Gasteiger partial charge is 0.338 e. The lowest BCUT2D eigenvalue weighted by Gasteiger charge is -2.24. The third-order valence-corrected chi connectivity index (χ3v) is 6.03. The number of nitrogens with zero attached hydrogens (tertiary/aromatic N) is 2.